The van der Waals surface area contributed by atoms with Crippen molar-refractivity contribution in [3.05, 3.63) is 45.8 Å². The number of nitrogen functional groups attached to an aromatic ring is 1. The fraction of sp³-hybridized carbons (Fsp3) is 0.0769. The minimum Gasteiger partial charge on any atom is -0.497 e. The zero-order valence-corrected chi connectivity index (χ0v) is 11.9. The fourth-order valence-corrected chi connectivity index (χ4v) is 2.02. The highest BCUT2D eigenvalue weighted by Gasteiger charge is 2.06. The minimum atomic E-state index is -0.296. The molecule has 0 saturated carbocycles. The van der Waals surface area contributed by atoms with Crippen LogP contribution in [0.2, 0.25) is 0 Å². The van der Waals surface area contributed by atoms with E-state index in [9.17, 15) is 4.39 Å². The lowest BCUT2D eigenvalue weighted by molar-refractivity contribution is 0.415. The highest BCUT2D eigenvalue weighted by molar-refractivity contribution is 14.1. The maximum Gasteiger partial charge on any atom is 0.138 e. The van der Waals surface area contributed by atoms with Gasteiger partial charge in [-0.15, -0.1) is 0 Å². The highest BCUT2D eigenvalue weighted by atomic mass is 127. The van der Waals surface area contributed by atoms with Crippen molar-refractivity contribution >= 4 is 39.7 Å². The number of benzene rings is 2. The van der Waals surface area contributed by atoms with E-state index in [0.29, 0.717) is 14.9 Å². The van der Waals surface area contributed by atoms with Crippen molar-refractivity contribution in [1.29, 1.82) is 0 Å². The molecule has 0 aliphatic heterocycles. The molecular formula is C13H12FIN2O. The molecule has 2 aromatic rings. The Morgan fingerprint density at radius 3 is 2.78 bits per heavy atom. The van der Waals surface area contributed by atoms with E-state index >= 15 is 0 Å². The van der Waals surface area contributed by atoms with Crippen LogP contribution in [-0.2, 0) is 0 Å². The van der Waals surface area contributed by atoms with Gasteiger partial charge in [-0.3, -0.25) is 0 Å². The lowest BCUT2D eigenvalue weighted by Crippen LogP contribution is -1.99. The summed E-state index contributed by atoms with van der Waals surface area (Å²) in [5, 5.41) is 3.07. The Bertz CT molecular complexity index is 575. The molecule has 0 aliphatic carbocycles. The van der Waals surface area contributed by atoms with E-state index in [-0.39, 0.29) is 5.82 Å². The summed E-state index contributed by atoms with van der Waals surface area (Å²) in [4.78, 5) is 0. The van der Waals surface area contributed by atoms with Gasteiger partial charge in [-0.1, -0.05) is 6.07 Å². The lowest BCUT2D eigenvalue weighted by Gasteiger charge is -2.11. The average Bonchev–Trinajstić information content (AvgIpc) is 2.36. The van der Waals surface area contributed by atoms with Gasteiger partial charge in [0.1, 0.15) is 11.6 Å². The summed E-state index contributed by atoms with van der Waals surface area (Å²) in [7, 11) is 1.60. The molecule has 0 spiro atoms. The summed E-state index contributed by atoms with van der Waals surface area (Å²) >= 11 is 1.91. The van der Waals surface area contributed by atoms with Crippen molar-refractivity contribution in [1.82, 2.24) is 0 Å². The van der Waals surface area contributed by atoms with Gasteiger partial charge in [0.05, 0.1) is 22.1 Å². The molecule has 3 nitrogen and oxygen atoms in total. The quantitative estimate of drug-likeness (QED) is 0.649. The van der Waals surface area contributed by atoms with Gasteiger partial charge in [-0.25, -0.2) is 4.39 Å². The number of anilines is 3. The number of hydrogen-bond acceptors (Lipinski definition) is 3. The van der Waals surface area contributed by atoms with Gasteiger partial charge in [0, 0.05) is 17.8 Å². The van der Waals surface area contributed by atoms with Crippen LogP contribution < -0.4 is 15.8 Å². The Hall–Kier alpha value is -1.50. The topological polar surface area (TPSA) is 47.3 Å². The highest BCUT2D eigenvalue weighted by Crippen LogP contribution is 2.28. The first-order chi connectivity index (χ1) is 8.60. The zero-order chi connectivity index (χ0) is 13.1. The molecule has 0 atom stereocenters. The SMILES string of the molecule is COc1cccc(Nc2cc(F)c(I)cc2N)c1. The molecule has 0 fully saturated rings. The van der Waals surface area contributed by atoms with Crippen molar-refractivity contribution < 1.29 is 9.13 Å². The van der Waals surface area contributed by atoms with Gasteiger partial charge in [0.25, 0.3) is 0 Å². The normalized spacial score (nSPS) is 10.2. The summed E-state index contributed by atoms with van der Waals surface area (Å²) in [6.07, 6.45) is 0. The Balaban J connectivity index is 2.30. The number of halogens is 2. The fourth-order valence-electron chi connectivity index (χ4n) is 1.53. The number of nitrogens with two attached hydrogens (primary N) is 1. The monoisotopic (exact) mass is 358 g/mol. The first-order valence-corrected chi connectivity index (χ1v) is 6.33. The third-order valence-corrected chi connectivity index (χ3v) is 3.27. The third kappa shape index (κ3) is 2.84. The molecule has 5 heteroatoms. The molecule has 0 heterocycles. The molecule has 0 aromatic heterocycles. The van der Waals surface area contributed by atoms with E-state index in [4.69, 9.17) is 10.5 Å². The Morgan fingerprint density at radius 2 is 2.06 bits per heavy atom. The van der Waals surface area contributed by atoms with Crippen LogP contribution in [0.15, 0.2) is 36.4 Å². The molecule has 2 rings (SSSR count). The van der Waals surface area contributed by atoms with E-state index in [0.717, 1.165) is 11.4 Å². The third-order valence-electron chi connectivity index (χ3n) is 2.44. The molecule has 0 unspecified atom stereocenters. The minimum absolute atomic E-state index is 0.296. The number of methoxy groups -OCH3 is 1. The predicted octanol–water partition coefficient (Wildman–Crippen LogP) is 3.76. The summed E-state index contributed by atoms with van der Waals surface area (Å²) < 4.78 is 19.1. The van der Waals surface area contributed by atoms with Crippen molar-refractivity contribution in [2.24, 2.45) is 0 Å². The second-order valence-electron chi connectivity index (χ2n) is 3.71. The van der Waals surface area contributed by atoms with Crippen LogP contribution in [0.4, 0.5) is 21.5 Å². The van der Waals surface area contributed by atoms with Crippen LogP contribution in [0.5, 0.6) is 5.75 Å². The van der Waals surface area contributed by atoms with Gasteiger partial charge < -0.3 is 15.8 Å². The smallest absolute Gasteiger partial charge is 0.138 e. The Morgan fingerprint density at radius 1 is 1.28 bits per heavy atom. The maximum atomic E-state index is 13.5. The Labute approximate surface area is 118 Å². The van der Waals surface area contributed by atoms with Gasteiger partial charge in [-0.2, -0.15) is 0 Å². The van der Waals surface area contributed by atoms with Crippen LogP contribution >= 0.6 is 22.6 Å². The van der Waals surface area contributed by atoms with Crippen molar-refractivity contribution in [2.75, 3.05) is 18.2 Å². The lowest BCUT2D eigenvalue weighted by atomic mass is 10.2. The molecule has 18 heavy (non-hydrogen) atoms. The van der Waals surface area contributed by atoms with Crippen molar-refractivity contribution in [2.45, 2.75) is 0 Å². The van der Waals surface area contributed by atoms with Gasteiger partial charge in [0.15, 0.2) is 0 Å². The summed E-state index contributed by atoms with van der Waals surface area (Å²) in [6.45, 7) is 0. The summed E-state index contributed by atoms with van der Waals surface area (Å²) in [5.41, 5.74) is 7.68. The molecule has 0 aliphatic rings. The van der Waals surface area contributed by atoms with E-state index < -0.39 is 0 Å². The van der Waals surface area contributed by atoms with E-state index in [1.165, 1.54) is 6.07 Å². The number of ether oxygens (including phenoxy) is 1. The maximum absolute atomic E-state index is 13.5. The van der Waals surface area contributed by atoms with E-state index in [1.54, 1.807) is 13.2 Å². The van der Waals surface area contributed by atoms with Crippen LogP contribution in [0.1, 0.15) is 0 Å². The van der Waals surface area contributed by atoms with Crippen LogP contribution in [-0.4, -0.2) is 7.11 Å². The van der Waals surface area contributed by atoms with E-state index in [2.05, 4.69) is 5.32 Å². The first kappa shape index (κ1) is 12.9. The standard InChI is InChI=1S/C13H12FIN2O/c1-18-9-4-2-3-8(5-9)17-13-6-10(14)11(15)7-12(13)16/h2-7,17H,16H2,1H3. The average molecular weight is 358 g/mol. The van der Waals surface area contributed by atoms with Crippen molar-refractivity contribution in [3.63, 3.8) is 0 Å². The van der Waals surface area contributed by atoms with Gasteiger partial charge >= 0.3 is 0 Å². The molecule has 94 valence electrons. The van der Waals surface area contributed by atoms with Crippen LogP contribution in [0.3, 0.4) is 0 Å². The second-order valence-corrected chi connectivity index (χ2v) is 4.87. The Kier molecular flexibility index (Phi) is 3.90. The largest absolute Gasteiger partial charge is 0.497 e. The van der Waals surface area contributed by atoms with Crippen LogP contribution in [0.25, 0.3) is 0 Å². The molecule has 0 radical (unpaired) electrons. The molecular weight excluding hydrogens is 346 g/mol. The molecule has 3 N–H and O–H groups in total. The summed E-state index contributed by atoms with van der Waals surface area (Å²) in [6, 6.07) is 10.3. The van der Waals surface area contributed by atoms with Gasteiger partial charge in [-0.05, 0) is 40.8 Å². The number of nitrogens with one attached hydrogen (secondary N) is 1. The molecule has 0 bridgehead atoms. The molecule has 2 aromatic carbocycles. The van der Waals surface area contributed by atoms with Gasteiger partial charge in [0.2, 0.25) is 0 Å². The number of hydrogen-bond donors (Lipinski definition) is 2. The number of rotatable bonds is 3. The zero-order valence-electron chi connectivity index (χ0n) is 9.71. The summed E-state index contributed by atoms with van der Waals surface area (Å²) in [5.74, 6) is 0.430. The first-order valence-electron chi connectivity index (χ1n) is 5.26. The molecule has 0 saturated heterocycles. The van der Waals surface area contributed by atoms with E-state index in [1.807, 2.05) is 46.9 Å². The van der Waals surface area contributed by atoms with Crippen molar-refractivity contribution in [3.8, 4) is 5.75 Å². The molecule has 0 amide bonds. The second kappa shape index (κ2) is 5.43. The predicted molar refractivity (Wildman–Crippen MR) is 79.8 cm³/mol. The van der Waals surface area contributed by atoms with Crippen LogP contribution in [0, 0.1) is 9.39 Å².